The summed E-state index contributed by atoms with van der Waals surface area (Å²) in [5.41, 5.74) is 5.63. The molecule has 0 heterocycles. The quantitative estimate of drug-likeness (QED) is 0.579. The molecule has 0 saturated heterocycles. The molecule has 0 unspecified atom stereocenters. The molecule has 54 valence electrons. The van der Waals surface area contributed by atoms with E-state index in [-0.39, 0.29) is 11.1 Å². The fraction of sp³-hybridized carbons (Fsp3) is 0. The molecule has 3 heteroatoms. The van der Waals surface area contributed by atoms with Crippen molar-refractivity contribution in [3.8, 4) is 6.07 Å². The first-order valence-electron chi connectivity index (χ1n) is 3.04. The van der Waals surface area contributed by atoms with E-state index in [1.54, 1.807) is 0 Å². The Morgan fingerprint density at radius 3 is 2.55 bits per heavy atom. The summed E-state index contributed by atoms with van der Waals surface area (Å²) in [4.78, 5) is 10.9. The molecule has 0 amide bonds. The van der Waals surface area contributed by atoms with Crippen LogP contribution in [0.4, 0.5) is 5.69 Å². The van der Waals surface area contributed by atoms with Gasteiger partial charge < -0.3 is 5.73 Å². The van der Waals surface area contributed by atoms with Crippen LogP contribution in [0.15, 0.2) is 29.1 Å². The Hall–Kier alpha value is -1.82. The Labute approximate surface area is 63.7 Å². The lowest BCUT2D eigenvalue weighted by Crippen LogP contribution is -2.01. The van der Waals surface area contributed by atoms with Gasteiger partial charge in [-0.1, -0.05) is 0 Å². The Morgan fingerprint density at radius 2 is 1.91 bits per heavy atom. The highest BCUT2D eigenvalue weighted by atomic mass is 16.1. The summed E-state index contributed by atoms with van der Waals surface area (Å²) in [7, 11) is 0. The third kappa shape index (κ3) is 1.55. The number of nitrogen functional groups attached to an aromatic ring is 1. The van der Waals surface area contributed by atoms with Crippen molar-refractivity contribution in [2.75, 3.05) is 5.73 Å². The van der Waals surface area contributed by atoms with Crippen molar-refractivity contribution >= 4 is 5.69 Å². The van der Waals surface area contributed by atoms with E-state index in [0.29, 0.717) is 5.56 Å². The summed E-state index contributed by atoms with van der Waals surface area (Å²) in [6.45, 7) is 0. The van der Waals surface area contributed by atoms with Gasteiger partial charge in [0.05, 0.1) is 17.3 Å². The Kier molecular flexibility index (Phi) is 1.88. The number of rotatable bonds is 0. The minimum absolute atomic E-state index is 0.159. The van der Waals surface area contributed by atoms with Crippen LogP contribution in [0.1, 0.15) is 5.56 Å². The van der Waals surface area contributed by atoms with Crippen molar-refractivity contribution < 1.29 is 0 Å². The van der Waals surface area contributed by atoms with Gasteiger partial charge in [-0.05, 0) is 24.3 Å². The molecule has 1 aromatic rings. The maximum absolute atomic E-state index is 10.9. The molecule has 1 rings (SSSR count). The average Bonchev–Trinajstić information content (AvgIpc) is 2.16. The Balaban J connectivity index is 3.43. The lowest BCUT2D eigenvalue weighted by molar-refractivity contribution is 1.50. The fourth-order valence-corrected chi connectivity index (χ4v) is 0.653. The van der Waals surface area contributed by atoms with Crippen LogP contribution in [0.2, 0.25) is 0 Å². The van der Waals surface area contributed by atoms with E-state index in [1.165, 1.54) is 24.3 Å². The zero-order valence-corrected chi connectivity index (χ0v) is 5.74. The number of nitriles is 1. The van der Waals surface area contributed by atoms with Gasteiger partial charge in [-0.15, -0.1) is 0 Å². The van der Waals surface area contributed by atoms with Gasteiger partial charge in [0.25, 0.3) is 0 Å². The van der Waals surface area contributed by atoms with Gasteiger partial charge in [-0.3, -0.25) is 4.79 Å². The molecule has 11 heavy (non-hydrogen) atoms. The topological polar surface area (TPSA) is 66.9 Å². The van der Waals surface area contributed by atoms with E-state index in [2.05, 4.69) is 0 Å². The molecule has 1 aromatic carbocycles. The van der Waals surface area contributed by atoms with Crippen LogP contribution < -0.4 is 11.2 Å². The van der Waals surface area contributed by atoms with E-state index >= 15 is 0 Å². The SMILES string of the molecule is N#Cc1ccc(N)c(=O)cc1. The largest absolute Gasteiger partial charge is 0.396 e. The van der Waals surface area contributed by atoms with Gasteiger partial charge in [0.1, 0.15) is 0 Å². The first-order valence-corrected chi connectivity index (χ1v) is 3.04. The second-order valence-electron chi connectivity index (χ2n) is 2.05. The highest BCUT2D eigenvalue weighted by Crippen LogP contribution is 1.95. The molecule has 0 saturated carbocycles. The minimum atomic E-state index is -0.258. The Morgan fingerprint density at radius 1 is 1.27 bits per heavy atom. The Bertz CT molecular complexity index is 365. The summed E-state index contributed by atoms with van der Waals surface area (Å²) in [5.74, 6) is 0. The van der Waals surface area contributed by atoms with Crippen molar-refractivity contribution in [1.29, 1.82) is 5.26 Å². The first kappa shape index (κ1) is 7.29. The molecular weight excluding hydrogens is 140 g/mol. The molecule has 0 aromatic heterocycles. The zero-order chi connectivity index (χ0) is 8.27. The van der Waals surface area contributed by atoms with E-state index in [4.69, 9.17) is 11.0 Å². The summed E-state index contributed by atoms with van der Waals surface area (Å²) in [5, 5.41) is 8.44. The fourth-order valence-electron chi connectivity index (χ4n) is 0.653. The number of nitrogens with zero attached hydrogens (tertiary/aromatic N) is 1. The third-order valence-corrected chi connectivity index (χ3v) is 1.27. The molecule has 0 aliphatic rings. The van der Waals surface area contributed by atoms with Crippen LogP contribution in [0.25, 0.3) is 0 Å². The summed E-state index contributed by atoms with van der Waals surface area (Å²) >= 11 is 0. The molecule has 0 bridgehead atoms. The minimum Gasteiger partial charge on any atom is -0.396 e. The molecule has 0 radical (unpaired) electrons. The van der Waals surface area contributed by atoms with Gasteiger partial charge in [0, 0.05) is 0 Å². The van der Waals surface area contributed by atoms with Gasteiger partial charge in [-0.2, -0.15) is 5.26 Å². The second kappa shape index (κ2) is 2.84. The molecule has 3 nitrogen and oxygen atoms in total. The van der Waals surface area contributed by atoms with E-state index in [9.17, 15) is 4.79 Å². The van der Waals surface area contributed by atoms with Crippen LogP contribution in [0, 0.1) is 11.3 Å². The molecule has 2 N–H and O–H groups in total. The second-order valence-corrected chi connectivity index (χ2v) is 2.05. The normalized spacial score (nSPS) is 8.64. The lowest BCUT2D eigenvalue weighted by Gasteiger charge is -1.76. The van der Waals surface area contributed by atoms with E-state index in [0.717, 1.165) is 0 Å². The van der Waals surface area contributed by atoms with Gasteiger partial charge in [0.15, 0.2) is 0 Å². The number of anilines is 1. The smallest absolute Gasteiger partial charge is 0.201 e. The highest BCUT2D eigenvalue weighted by Gasteiger charge is 1.89. The summed E-state index contributed by atoms with van der Waals surface area (Å²) < 4.78 is 0. The van der Waals surface area contributed by atoms with Crippen molar-refractivity contribution in [3.05, 3.63) is 40.1 Å². The van der Waals surface area contributed by atoms with Crippen LogP contribution in [-0.2, 0) is 0 Å². The van der Waals surface area contributed by atoms with E-state index < -0.39 is 0 Å². The van der Waals surface area contributed by atoms with Crippen molar-refractivity contribution in [2.24, 2.45) is 0 Å². The van der Waals surface area contributed by atoms with Crippen LogP contribution in [0.3, 0.4) is 0 Å². The molecule has 0 fully saturated rings. The molecular formula is C8H6N2O. The van der Waals surface area contributed by atoms with Gasteiger partial charge in [-0.25, -0.2) is 0 Å². The molecule has 0 aliphatic carbocycles. The molecule has 0 spiro atoms. The van der Waals surface area contributed by atoms with E-state index in [1.807, 2.05) is 6.07 Å². The standard InChI is InChI=1S/C8H6N2O/c9-5-6-1-3-7(10)8(11)4-2-6/h1-4H,(H2,10,11). The number of hydrogen-bond acceptors (Lipinski definition) is 3. The van der Waals surface area contributed by atoms with Crippen molar-refractivity contribution in [3.63, 3.8) is 0 Å². The predicted molar refractivity (Wildman–Crippen MR) is 41.8 cm³/mol. The van der Waals surface area contributed by atoms with Crippen molar-refractivity contribution in [2.45, 2.75) is 0 Å². The summed E-state index contributed by atoms with van der Waals surface area (Å²) in [6, 6.07) is 7.58. The highest BCUT2D eigenvalue weighted by molar-refractivity contribution is 5.40. The number of nitrogens with two attached hydrogens (primary N) is 1. The zero-order valence-electron chi connectivity index (χ0n) is 5.74. The maximum atomic E-state index is 10.9. The van der Waals surface area contributed by atoms with Crippen LogP contribution in [0.5, 0.6) is 0 Å². The first-order chi connectivity index (χ1) is 5.24. The molecule has 0 atom stereocenters. The summed E-state index contributed by atoms with van der Waals surface area (Å²) in [6.07, 6.45) is 0. The number of hydrogen-bond donors (Lipinski definition) is 1. The molecule has 0 aliphatic heterocycles. The lowest BCUT2D eigenvalue weighted by atomic mass is 10.3. The van der Waals surface area contributed by atoms with Crippen LogP contribution >= 0.6 is 0 Å². The monoisotopic (exact) mass is 146 g/mol. The van der Waals surface area contributed by atoms with Gasteiger partial charge >= 0.3 is 0 Å². The van der Waals surface area contributed by atoms with Crippen LogP contribution in [-0.4, -0.2) is 0 Å². The average molecular weight is 146 g/mol. The van der Waals surface area contributed by atoms with Crippen molar-refractivity contribution in [1.82, 2.24) is 0 Å². The maximum Gasteiger partial charge on any atom is 0.201 e. The predicted octanol–water partition coefficient (Wildman–Crippen LogP) is 0.501. The van der Waals surface area contributed by atoms with Gasteiger partial charge in [0.2, 0.25) is 5.43 Å². The third-order valence-electron chi connectivity index (χ3n) is 1.27.